The van der Waals surface area contributed by atoms with Crippen LogP contribution in [-0.4, -0.2) is 13.2 Å². The van der Waals surface area contributed by atoms with Crippen LogP contribution in [0.25, 0.3) is 0 Å². The van der Waals surface area contributed by atoms with Crippen LogP contribution in [0.4, 0.5) is 0 Å². The van der Waals surface area contributed by atoms with Crippen LogP contribution in [0.15, 0.2) is 59.5 Å². The number of benzene rings is 1. The van der Waals surface area contributed by atoms with Gasteiger partial charge in [-0.1, -0.05) is 69.5 Å². The molecule has 0 aliphatic heterocycles. The fraction of sp³-hybridized carbons (Fsp3) is 0.500. The lowest BCUT2D eigenvalue weighted by molar-refractivity contribution is 0.448. The molecule has 1 fully saturated rings. The molecule has 23 heavy (non-hydrogen) atoms. The minimum absolute atomic E-state index is 0.0897. The van der Waals surface area contributed by atoms with Gasteiger partial charge in [-0.05, 0) is 36.5 Å². The van der Waals surface area contributed by atoms with Crippen molar-refractivity contribution in [2.45, 2.75) is 55.1 Å². The predicted octanol–water partition coefficient (Wildman–Crippen LogP) is 4.93. The van der Waals surface area contributed by atoms with Crippen LogP contribution in [0.5, 0.6) is 0 Å². The molecule has 1 aromatic carbocycles. The Kier molecular flexibility index (Phi) is 4.50. The standard InChI is InChI=1S/C20H26O2S/c1-3-4-5-9-14-20(16(2)17-12-13-18(20)15-17)23(21,22)19-10-7-6-8-11-19/h6-8,10-13,17-18H,2-5,9,14-15H2,1H3/t17-,18+,20+/m0/s1. The normalized spacial score (nSPS) is 29.3. The number of fused-ring (bicyclic) bond motifs is 2. The smallest absolute Gasteiger partial charge is 0.188 e. The molecule has 2 bridgehead atoms. The van der Waals surface area contributed by atoms with Gasteiger partial charge in [0.2, 0.25) is 0 Å². The summed E-state index contributed by atoms with van der Waals surface area (Å²) in [6.45, 7) is 6.43. The van der Waals surface area contributed by atoms with Crippen LogP contribution >= 0.6 is 0 Å². The molecular weight excluding hydrogens is 304 g/mol. The average molecular weight is 330 g/mol. The van der Waals surface area contributed by atoms with Gasteiger partial charge in [-0.15, -0.1) is 0 Å². The molecule has 3 rings (SSSR count). The molecule has 0 saturated heterocycles. The highest BCUT2D eigenvalue weighted by Crippen LogP contribution is 2.57. The summed E-state index contributed by atoms with van der Waals surface area (Å²) in [5, 5.41) is 0. The van der Waals surface area contributed by atoms with Crippen LogP contribution in [0, 0.1) is 11.8 Å². The van der Waals surface area contributed by atoms with E-state index < -0.39 is 14.6 Å². The van der Waals surface area contributed by atoms with Crippen molar-refractivity contribution in [2.24, 2.45) is 11.8 Å². The van der Waals surface area contributed by atoms with E-state index in [-0.39, 0.29) is 11.8 Å². The predicted molar refractivity (Wildman–Crippen MR) is 95.0 cm³/mol. The fourth-order valence-corrected chi connectivity index (χ4v) is 6.75. The van der Waals surface area contributed by atoms with E-state index >= 15 is 0 Å². The monoisotopic (exact) mass is 330 g/mol. The van der Waals surface area contributed by atoms with E-state index in [4.69, 9.17) is 0 Å². The minimum Gasteiger partial charge on any atom is -0.223 e. The third-order valence-corrected chi connectivity index (χ3v) is 8.23. The summed E-state index contributed by atoms with van der Waals surface area (Å²) in [5.41, 5.74) is 0.922. The average Bonchev–Trinajstić information content (AvgIpc) is 3.14. The minimum atomic E-state index is -3.42. The molecule has 0 unspecified atom stereocenters. The summed E-state index contributed by atoms with van der Waals surface area (Å²) in [4.78, 5) is 0.442. The van der Waals surface area contributed by atoms with E-state index in [0.717, 1.165) is 37.7 Å². The summed E-state index contributed by atoms with van der Waals surface area (Å²) >= 11 is 0. The van der Waals surface area contributed by atoms with E-state index in [1.807, 2.05) is 18.2 Å². The summed E-state index contributed by atoms with van der Waals surface area (Å²) in [6.07, 6.45) is 10.3. The largest absolute Gasteiger partial charge is 0.223 e. The van der Waals surface area contributed by atoms with Crippen LogP contribution in [0.2, 0.25) is 0 Å². The highest BCUT2D eigenvalue weighted by Gasteiger charge is 2.59. The Morgan fingerprint density at radius 1 is 1.13 bits per heavy atom. The molecule has 3 heteroatoms. The summed E-state index contributed by atoms with van der Waals surface area (Å²) < 4.78 is 26.3. The first kappa shape index (κ1) is 16.5. The molecule has 2 aliphatic rings. The van der Waals surface area contributed by atoms with Gasteiger partial charge in [-0.25, -0.2) is 8.42 Å². The Hall–Kier alpha value is -1.35. The molecule has 0 N–H and O–H groups in total. The van der Waals surface area contributed by atoms with Gasteiger partial charge in [0.15, 0.2) is 9.84 Å². The Morgan fingerprint density at radius 2 is 1.87 bits per heavy atom. The Morgan fingerprint density at radius 3 is 2.48 bits per heavy atom. The van der Waals surface area contributed by atoms with Gasteiger partial charge in [0.1, 0.15) is 4.75 Å². The SMILES string of the molecule is C=C1[C@H]2C=C[C@H](C2)[C@]1(CCCCCC)S(=O)(=O)c1ccccc1. The highest BCUT2D eigenvalue weighted by molar-refractivity contribution is 7.93. The second-order valence-electron chi connectivity index (χ2n) is 6.88. The molecule has 0 radical (unpaired) electrons. The van der Waals surface area contributed by atoms with Gasteiger partial charge >= 0.3 is 0 Å². The molecule has 2 nitrogen and oxygen atoms in total. The molecule has 0 aromatic heterocycles. The summed E-state index contributed by atoms with van der Waals surface area (Å²) in [5.74, 6) is 0.330. The molecule has 2 aliphatic carbocycles. The van der Waals surface area contributed by atoms with Gasteiger partial charge < -0.3 is 0 Å². The van der Waals surface area contributed by atoms with Crippen molar-refractivity contribution in [2.75, 3.05) is 0 Å². The molecule has 124 valence electrons. The van der Waals surface area contributed by atoms with E-state index in [0.29, 0.717) is 11.3 Å². The van der Waals surface area contributed by atoms with Gasteiger partial charge in [0, 0.05) is 5.92 Å². The number of unbranched alkanes of at least 4 members (excludes halogenated alkanes) is 3. The summed E-state index contributed by atoms with van der Waals surface area (Å²) in [6, 6.07) is 8.94. The lowest BCUT2D eigenvalue weighted by Crippen LogP contribution is -2.44. The topological polar surface area (TPSA) is 34.1 Å². The first-order valence-electron chi connectivity index (χ1n) is 8.71. The fourth-order valence-electron chi connectivity index (χ4n) is 4.33. The number of hydrogen-bond donors (Lipinski definition) is 0. The van der Waals surface area contributed by atoms with Gasteiger partial charge in [-0.3, -0.25) is 0 Å². The van der Waals surface area contributed by atoms with Crippen molar-refractivity contribution in [1.29, 1.82) is 0 Å². The van der Waals surface area contributed by atoms with Crippen molar-refractivity contribution in [3.8, 4) is 0 Å². The maximum atomic E-state index is 13.5. The molecule has 0 heterocycles. The molecule has 3 atom stereocenters. The van der Waals surface area contributed by atoms with E-state index in [9.17, 15) is 8.42 Å². The van der Waals surface area contributed by atoms with Crippen LogP contribution in [0.1, 0.15) is 45.4 Å². The quantitative estimate of drug-likeness (QED) is 0.524. The van der Waals surface area contributed by atoms with Gasteiger partial charge in [0.25, 0.3) is 0 Å². The van der Waals surface area contributed by atoms with E-state index in [1.54, 1.807) is 12.1 Å². The lowest BCUT2D eigenvalue weighted by atomic mass is 9.84. The maximum Gasteiger partial charge on any atom is 0.188 e. The van der Waals surface area contributed by atoms with Crippen molar-refractivity contribution in [3.05, 3.63) is 54.6 Å². The molecule has 1 aromatic rings. The first-order chi connectivity index (χ1) is 11.0. The van der Waals surface area contributed by atoms with Gasteiger partial charge in [-0.2, -0.15) is 0 Å². The van der Waals surface area contributed by atoms with Crippen LogP contribution < -0.4 is 0 Å². The van der Waals surface area contributed by atoms with Crippen molar-refractivity contribution >= 4 is 9.84 Å². The Bertz CT molecular complexity index is 702. The lowest BCUT2D eigenvalue weighted by Gasteiger charge is -2.37. The second-order valence-corrected chi connectivity index (χ2v) is 9.08. The van der Waals surface area contributed by atoms with Crippen LogP contribution in [0.3, 0.4) is 0 Å². The maximum absolute atomic E-state index is 13.5. The van der Waals surface area contributed by atoms with Crippen molar-refractivity contribution < 1.29 is 8.42 Å². The molecule has 0 spiro atoms. The second kappa shape index (κ2) is 6.27. The number of allylic oxidation sites excluding steroid dienone is 2. The molecule has 0 amide bonds. The van der Waals surface area contributed by atoms with E-state index in [2.05, 4.69) is 25.7 Å². The molecular formula is C20H26O2S. The zero-order valence-corrected chi connectivity index (χ0v) is 14.7. The van der Waals surface area contributed by atoms with Gasteiger partial charge in [0.05, 0.1) is 4.90 Å². The number of sulfone groups is 1. The van der Waals surface area contributed by atoms with E-state index in [1.165, 1.54) is 0 Å². The van der Waals surface area contributed by atoms with Crippen molar-refractivity contribution in [3.63, 3.8) is 0 Å². The zero-order valence-electron chi connectivity index (χ0n) is 13.9. The first-order valence-corrected chi connectivity index (χ1v) is 10.2. The number of hydrogen-bond acceptors (Lipinski definition) is 2. The third kappa shape index (κ3) is 2.50. The Labute approximate surface area is 140 Å². The summed E-state index contributed by atoms with van der Waals surface area (Å²) in [7, 11) is -3.42. The van der Waals surface area contributed by atoms with Crippen molar-refractivity contribution in [1.82, 2.24) is 0 Å². The highest BCUT2D eigenvalue weighted by atomic mass is 32.2. The number of rotatable bonds is 7. The Balaban J connectivity index is 2.00. The molecule has 1 saturated carbocycles. The van der Waals surface area contributed by atoms with Crippen LogP contribution in [-0.2, 0) is 9.84 Å². The third-order valence-electron chi connectivity index (χ3n) is 5.61. The zero-order chi connectivity index (χ0) is 16.5.